The molecule has 0 saturated carbocycles. The van der Waals surface area contributed by atoms with Gasteiger partial charge in [-0.1, -0.05) is 12.1 Å². The Labute approximate surface area is 160 Å². The second kappa shape index (κ2) is 7.79. The van der Waals surface area contributed by atoms with Crippen molar-refractivity contribution in [1.82, 2.24) is 24.8 Å². The summed E-state index contributed by atoms with van der Waals surface area (Å²) in [6.07, 6.45) is 6.52. The van der Waals surface area contributed by atoms with Crippen molar-refractivity contribution in [2.45, 2.75) is 13.1 Å². The zero-order valence-electron chi connectivity index (χ0n) is 14.9. The fraction of sp³-hybridized carbons (Fsp3) is 0.0952. The van der Waals surface area contributed by atoms with Crippen molar-refractivity contribution in [1.29, 1.82) is 0 Å². The van der Waals surface area contributed by atoms with Crippen LogP contribution in [-0.2, 0) is 17.9 Å². The Bertz CT molecular complexity index is 1190. The van der Waals surface area contributed by atoms with Crippen LogP contribution in [0.25, 0.3) is 22.2 Å². The van der Waals surface area contributed by atoms with E-state index in [2.05, 4.69) is 20.3 Å². The molecule has 0 fully saturated rings. The van der Waals surface area contributed by atoms with Gasteiger partial charge >= 0.3 is 0 Å². The molecule has 1 amide bonds. The van der Waals surface area contributed by atoms with E-state index in [9.17, 15) is 9.59 Å². The van der Waals surface area contributed by atoms with Crippen molar-refractivity contribution < 1.29 is 4.79 Å². The summed E-state index contributed by atoms with van der Waals surface area (Å²) in [4.78, 5) is 37.4. The quantitative estimate of drug-likeness (QED) is 0.581. The van der Waals surface area contributed by atoms with Gasteiger partial charge in [-0.25, -0.2) is 4.98 Å². The highest BCUT2D eigenvalue weighted by Gasteiger charge is 2.08. The van der Waals surface area contributed by atoms with Crippen LogP contribution < -0.4 is 10.9 Å². The van der Waals surface area contributed by atoms with E-state index in [0.29, 0.717) is 17.4 Å². The lowest BCUT2D eigenvalue weighted by molar-refractivity contribution is -0.121. The zero-order valence-corrected chi connectivity index (χ0v) is 14.9. The molecule has 0 bridgehead atoms. The van der Waals surface area contributed by atoms with Gasteiger partial charge in [0.15, 0.2) is 0 Å². The van der Waals surface area contributed by atoms with Crippen LogP contribution in [0.15, 0.2) is 78.2 Å². The van der Waals surface area contributed by atoms with E-state index < -0.39 is 0 Å². The second-order valence-electron chi connectivity index (χ2n) is 6.26. The summed E-state index contributed by atoms with van der Waals surface area (Å²) in [7, 11) is 0. The van der Waals surface area contributed by atoms with Crippen LogP contribution >= 0.6 is 0 Å². The fourth-order valence-corrected chi connectivity index (χ4v) is 2.89. The summed E-state index contributed by atoms with van der Waals surface area (Å²) in [6.45, 7) is 0.258. The molecule has 0 unspecified atom stereocenters. The van der Waals surface area contributed by atoms with Gasteiger partial charge in [0.2, 0.25) is 5.91 Å². The van der Waals surface area contributed by atoms with Gasteiger partial charge in [0.25, 0.3) is 5.56 Å². The standard InChI is InChI=1S/C21H17N5O2/c27-20(13-26-14-25-18-4-2-1-3-17(18)21(26)28)24-12-15-5-10-23-19(11-15)16-6-8-22-9-7-16/h1-11,14H,12-13H2,(H,24,27). The normalized spacial score (nSPS) is 10.7. The number of nitrogens with zero attached hydrogens (tertiary/aromatic N) is 4. The van der Waals surface area contributed by atoms with Crippen LogP contribution in [0, 0.1) is 0 Å². The highest BCUT2D eigenvalue weighted by molar-refractivity contribution is 5.78. The molecular weight excluding hydrogens is 354 g/mol. The highest BCUT2D eigenvalue weighted by atomic mass is 16.2. The molecule has 0 spiro atoms. The van der Waals surface area contributed by atoms with Gasteiger partial charge in [0.05, 0.1) is 22.9 Å². The number of aromatic nitrogens is 4. The van der Waals surface area contributed by atoms with Crippen LogP contribution in [0.3, 0.4) is 0 Å². The Balaban J connectivity index is 1.44. The monoisotopic (exact) mass is 371 g/mol. The molecule has 3 heterocycles. The molecule has 7 nitrogen and oxygen atoms in total. The minimum absolute atomic E-state index is 0.0844. The highest BCUT2D eigenvalue weighted by Crippen LogP contribution is 2.16. The van der Waals surface area contributed by atoms with Crippen molar-refractivity contribution in [3.05, 3.63) is 89.4 Å². The van der Waals surface area contributed by atoms with E-state index in [4.69, 9.17) is 0 Å². The molecule has 0 radical (unpaired) electrons. The van der Waals surface area contributed by atoms with Crippen molar-refractivity contribution in [2.75, 3.05) is 0 Å². The maximum atomic E-state index is 12.5. The van der Waals surface area contributed by atoms with Crippen molar-refractivity contribution in [3.8, 4) is 11.3 Å². The van der Waals surface area contributed by atoms with Crippen LogP contribution in [-0.4, -0.2) is 25.4 Å². The summed E-state index contributed by atoms with van der Waals surface area (Å²) in [5.41, 5.74) is 3.06. The molecule has 0 saturated heterocycles. The van der Waals surface area contributed by atoms with Crippen molar-refractivity contribution >= 4 is 16.8 Å². The molecule has 1 aromatic carbocycles. The Morgan fingerprint density at radius 1 is 1.00 bits per heavy atom. The minimum Gasteiger partial charge on any atom is -0.350 e. The molecule has 3 aromatic heterocycles. The average molecular weight is 371 g/mol. The Hall–Kier alpha value is -3.87. The van der Waals surface area contributed by atoms with Crippen molar-refractivity contribution in [2.24, 2.45) is 0 Å². The Morgan fingerprint density at radius 2 is 1.82 bits per heavy atom. The maximum absolute atomic E-state index is 12.5. The zero-order chi connectivity index (χ0) is 19.3. The first-order valence-corrected chi connectivity index (χ1v) is 8.77. The Kier molecular flexibility index (Phi) is 4.88. The molecule has 0 aliphatic heterocycles. The molecular formula is C21H17N5O2. The summed E-state index contributed by atoms with van der Waals surface area (Å²) >= 11 is 0. The topological polar surface area (TPSA) is 89.8 Å². The third-order valence-electron chi connectivity index (χ3n) is 4.34. The van der Waals surface area contributed by atoms with Crippen LogP contribution in [0.2, 0.25) is 0 Å². The van der Waals surface area contributed by atoms with Gasteiger partial charge < -0.3 is 5.32 Å². The number of para-hydroxylation sites is 1. The molecule has 0 aliphatic rings. The third kappa shape index (κ3) is 3.78. The summed E-state index contributed by atoms with van der Waals surface area (Å²) in [5, 5.41) is 3.33. The molecule has 0 atom stereocenters. The van der Waals surface area contributed by atoms with E-state index in [1.165, 1.54) is 10.9 Å². The molecule has 4 rings (SSSR count). The summed E-state index contributed by atoms with van der Waals surface area (Å²) in [5.74, 6) is -0.263. The number of amides is 1. The minimum atomic E-state index is -0.263. The number of hydrogen-bond donors (Lipinski definition) is 1. The number of carbonyl (C=O) groups excluding carboxylic acids is 1. The lowest BCUT2D eigenvalue weighted by atomic mass is 10.1. The number of pyridine rings is 2. The van der Waals surface area contributed by atoms with Gasteiger partial charge in [-0.3, -0.25) is 24.1 Å². The predicted octanol–water partition coefficient (Wildman–Crippen LogP) is 2.17. The molecule has 1 N–H and O–H groups in total. The molecule has 28 heavy (non-hydrogen) atoms. The van der Waals surface area contributed by atoms with E-state index >= 15 is 0 Å². The SMILES string of the molecule is O=C(Cn1cnc2ccccc2c1=O)NCc1ccnc(-c2ccncc2)c1. The first-order valence-electron chi connectivity index (χ1n) is 8.77. The lowest BCUT2D eigenvalue weighted by Gasteiger charge is -2.09. The smallest absolute Gasteiger partial charge is 0.261 e. The number of hydrogen-bond acceptors (Lipinski definition) is 5. The first kappa shape index (κ1) is 17.5. The summed E-state index contributed by atoms with van der Waals surface area (Å²) in [6, 6.07) is 14.6. The van der Waals surface area contributed by atoms with E-state index in [1.54, 1.807) is 36.8 Å². The average Bonchev–Trinajstić information content (AvgIpc) is 2.75. The number of fused-ring (bicyclic) bond motifs is 1. The van der Waals surface area contributed by atoms with Gasteiger partial charge in [-0.05, 0) is 42.0 Å². The predicted molar refractivity (Wildman–Crippen MR) is 105 cm³/mol. The second-order valence-corrected chi connectivity index (χ2v) is 6.26. The van der Waals surface area contributed by atoms with Crippen LogP contribution in [0.1, 0.15) is 5.56 Å². The number of rotatable bonds is 5. The van der Waals surface area contributed by atoms with E-state index in [1.807, 2.05) is 30.3 Å². The fourth-order valence-electron chi connectivity index (χ4n) is 2.89. The van der Waals surface area contributed by atoms with Gasteiger partial charge in [-0.2, -0.15) is 0 Å². The van der Waals surface area contributed by atoms with E-state index in [-0.39, 0.29) is 18.0 Å². The molecule has 4 aromatic rings. The molecule has 138 valence electrons. The largest absolute Gasteiger partial charge is 0.350 e. The van der Waals surface area contributed by atoms with Gasteiger partial charge in [0, 0.05) is 30.7 Å². The number of nitrogens with one attached hydrogen (secondary N) is 1. The maximum Gasteiger partial charge on any atom is 0.261 e. The van der Waals surface area contributed by atoms with Crippen molar-refractivity contribution in [3.63, 3.8) is 0 Å². The van der Waals surface area contributed by atoms with Gasteiger partial charge in [0.1, 0.15) is 6.54 Å². The molecule has 7 heteroatoms. The number of benzene rings is 1. The summed E-state index contributed by atoms with van der Waals surface area (Å²) < 4.78 is 1.31. The van der Waals surface area contributed by atoms with Crippen LogP contribution in [0.4, 0.5) is 0 Å². The number of carbonyl (C=O) groups is 1. The van der Waals surface area contributed by atoms with Gasteiger partial charge in [-0.15, -0.1) is 0 Å². The molecule has 0 aliphatic carbocycles. The Morgan fingerprint density at radius 3 is 2.68 bits per heavy atom. The van der Waals surface area contributed by atoms with E-state index in [0.717, 1.165) is 16.8 Å². The lowest BCUT2D eigenvalue weighted by Crippen LogP contribution is -2.32. The van der Waals surface area contributed by atoms with Crippen LogP contribution in [0.5, 0.6) is 0 Å². The third-order valence-corrected chi connectivity index (χ3v) is 4.34. The first-order chi connectivity index (χ1) is 13.7.